The van der Waals surface area contributed by atoms with Gasteiger partial charge in [-0.05, 0) is 99.5 Å². The summed E-state index contributed by atoms with van der Waals surface area (Å²) in [6, 6.07) is 11.7. The summed E-state index contributed by atoms with van der Waals surface area (Å²) in [6.07, 6.45) is 8.66. The van der Waals surface area contributed by atoms with Gasteiger partial charge in [-0.1, -0.05) is 25.3 Å². The Morgan fingerprint density at radius 1 is 1.00 bits per heavy atom. The summed E-state index contributed by atoms with van der Waals surface area (Å²) in [5.74, 6) is 0.500. The van der Waals surface area contributed by atoms with Crippen molar-refractivity contribution in [2.45, 2.75) is 70.8 Å². The normalized spacial score (nSPS) is 20.6. The van der Waals surface area contributed by atoms with Crippen LogP contribution in [0.1, 0.15) is 79.3 Å². The first-order valence-electron chi connectivity index (χ1n) is 17.0. The van der Waals surface area contributed by atoms with Crippen LogP contribution in [0.5, 0.6) is 5.75 Å². The lowest BCUT2D eigenvalue weighted by atomic mass is 9.79. The Hall–Kier alpha value is -3.41. The molecule has 1 aromatic heterocycles. The molecule has 1 unspecified atom stereocenters. The van der Waals surface area contributed by atoms with Crippen LogP contribution < -0.4 is 9.46 Å². The van der Waals surface area contributed by atoms with Crippen LogP contribution in [0.3, 0.4) is 0 Å². The first-order valence-corrected chi connectivity index (χ1v) is 18.4. The molecule has 2 fully saturated rings. The Morgan fingerprint density at radius 2 is 1.72 bits per heavy atom. The molecule has 2 amide bonds. The quantitative estimate of drug-likeness (QED) is 0.345. The molecule has 11 heteroatoms. The lowest BCUT2D eigenvalue weighted by molar-refractivity contribution is -0.140. The van der Waals surface area contributed by atoms with Gasteiger partial charge in [-0.3, -0.25) is 9.59 Å². The topological polar surface area (TPSA) is 104 Å². The summed E-state index contributed by atoms with van der Waals surface area (Å²) in [6.45, 7) is 6.18. The number of nitrogens with one attached hydrogen (secondary N) is 1. The van der Waals surface area contributed by atoms with Crippen molar-refractivity contribution >= 4 is 32.9 Å². The number of fused-ring (bicyclic) bond motifs is 5. The molecule has 1 N–H and O–H groups in total. The smallest absolute Gasteiger partial charge is 0.303 e. The van der Waals surface area contributed by atoms with Crippen molar-refractivity contribution < 1.29 is 22.7 Å². The van der Waals surface area contributed by atoms with Gasteiger partial charge in [0.05, 0.1) is 18.2 Å². The second kappa shape index (κ2) is 13.2. The van der Waals surface area contributed by atoms with Crippen LogP contribution in [0.15, 0.2) is 36.4 Å². The fraction of sp³-hybridized carbons (Fsp3) is 0.556. The molecule has 10 nitrogen and oxygen atoms in total. The van der Waals surface area contributed by atoms with Crippen LogP contribution >= 0.6 is 0 Å². The predicted octanol–water partition coefficient (Wildman–Crippen LogP) is 5.02. The minimum absolute atomic E-state index is 0.0883. The molecule has 3 aliphatic rings. The number of ether oxygens (including phenoxy) is 1. The fourth-order valence-electron chi connectivity index (χ4n) is 7.95. The summed E-state index contributed by atoms with van der Waals surface area (Å²) in [5, 5.41) is 1.06. The van der Waals surface area contributed by atoms with Crippen molar-refractivity contribution in [3.05, 3.63) is 53.1 Å². The van der Waals surface area contributed by atoms with Crippen LogP contribution in [0.2, 0.25) is 0 Å². The first-order chi connectivity index (χ1) is 22.4. The molecule has 0 radical (unpaired) electrons. The number of likely N-dealkylation sites (N-methyl/N-ethyl adjacent to an activating group) is 1. The first kappa shape index (κ1) is 33.5. The van der Waals surface area contributed by atoms with E-state index in [2.05, 4.69) is 33.2 Å². The van der Waals surface area contributed by atoms with Gasteiger partial charge in [0.1, 0.15) is 5.75 Å². The Morgan fingerprint density at radius 3 is 2.40 bits per heavy atom. The number of rotatable bonds is 9. The third kappa shape index (κ3) is 6.54. The summed E-state index contributed by atoms with van der Waals surface area (Å²) < 4.78 is 36.2. The molecule has 2 aliphatic heterocycles. The van der Waals surface area contributed by atoms with E-state index in [0.717, 1.165) is 83.1 Å². The van der Waals surface area contributed by atoms with Gasteiger partial charge in [0.2, 0.25) is 5.91 Å². The van der Waals surface area contributed by atoms with E-state index in [9.17, 15) is 18.0 Å². The van der Waals surface area contributed by atoms with E-state index in [4.69, 9.17) is 4.74 Å². The van der Waals surface area contributed by atoms with Crippen molar-refractivity contribution in [3.8, 4) is 17.0 Å². The second-order valence-electron chi connectivity index (χ2n) is 14.2. The summed E-state index contributed by atoms with van der Waals surface area (Å²) in [5.41, 5.74) is 4.83. The Labute approximate surface area is 279 Å². The maximum Gasteiger partial charge on any atom is 0.303 e. The zero-order valence-corrected chi connectivity index (χ0v) is 29.3. The molecular weight excluding hydrogens is 614 g/mol. The van der Waals surface area contributed by atoms with E-state index >= 15 is 0 Å². The van der Waals surface area contributed by atoms with Crippen LogP contribution in [0.25, 0.3) is 22.2 Å². The number of amides is 2. The van der Waals surface area contributed by atoms with E-state index in [0.29, 0.717) is 25.4 Å². The molecule has 0 bridgehead atoms. The minimum atomic E-state index is -3.97. The van der Waals surface area contributed by atoms with E-state index in [1.165, 1.54) is 38.9 Å². The summed E-state index contributed by atoms with van der Waals surface area (Å²) in [4.78, 5) is 32.2. The van der Waals surface area contributed by atoms with Crippen LogP contribution in [-0.4, -0.2) is 93.3 Å². The van der Waals surface area contributed by atoms with Gasteiger partial charge in [-0.25, -0.2) is 4.72 Å². The number of nitrogens with zero attached hydrogens (tertiary/aromatic N) is 4. The highest BCUT2D eigenvalue weighted by Crippen LogP contribution is 2.49. The highest BCUT2D eigenvalue weighted by Gasteiger charge is 2.42. The number of hydrogen-bond donors (Lipinski definition) is 1. The third-order valence-electron chi connectivity index (χ3n) is 10.6. The van der Waals surface area contributed by atoms with Crippen LogP contribution in [0.4, 0.5) is 0 Å². The number of aromatic nitrogens is 1. The maximum atomic E-state index is 14.5. The molecule has 1 saturated carbocycles. The zero-order chi connectivity index (χ0) is 33.5. The SMILES string of the molecule is COc1ccc2c(c1)CC(C)(C(=O)N(C)CCN1CCCC1)Cn1c-2c(C2CCCCC2)c2ccc(C(=O)NS(=O)(=O)N(C)C)cc21. The molecule has 3 aromatic rings. The van der Waals surface area contributed by atoms with Crippen molar-refractivity contribution in [1.82, 2.24) is 23.4 Å². The van der Waals surface area contributed by atoms with Crippen LogP contribution in [0, 0.1) is 5.41 Å². The van der Waals surface area contributed by atoms with Crippen molar-refractivity contribution in [3.63, 3.8) is 0 Å². The van der Waals surface area contributed by atoms with Crippen molar-refractivity contribution in [2.24, 2.45) is 5.41 Å². The van der Waals surface area contributed by atoms with Gasteiger partial charge in [0.15, 0.2) is 0 Å². The summed E-state index contributed by atoms with van der Waals surface area (Å²) >= 11 is 0. The van der Waals surface area contributed by atoms with E-state index in [-0.39, 0.29) is 11.5 Å². The number of carbonyl (C=O) groups excluding carboxylic acids is 2. The third-order valence-corrected chi connectivity index (χ3v) is 12.0. The average molecular weight is 664 g/mol. The second-order valence-corrected chi connectivity index (χ2v) is 16.1. The predicted molar refractivity (Wildman–Crippen MR) is 185 cm³/mol. The molecule has 1 atom stereocenters. The van der Waals surface area contributed by atoms with Crippen LogP contribution in [-0.2, 0) is 28.0 Å². The molecule has 0 spiro atoms. The Kier molecular flexibility index (Phi) is 9.43. The molecule has 47 heavy (non-hydrogen) atoms. The molecule has 1 saturated heterocycles. The van der Waals surface area contributed by atoms with Gasteiger partial charge in [0.25, 0.3) is 5.91 Å². The maximum absolute atomic E-state index is 14.5. The average Bonchev–Trinajstić information content (AvgIpc) is 3.66. The number of carbonyl (C=O) groups is 2. The Balaban J connectivity index is 1.51. The molecule has 1 aliphatic carbocycles. The van der Waals surface area contributed by atoms with E-state index in [1.54, 1.807) is 13.2 Å². The molecule has 254 valence electrons. The molecule has 6 rings (SSSR count). The van der Waals surface area contributed by atoms with E-state index in [1.807, 2.05) is 30.1 Å². The van der Waals surface area contributed by atoms with Gasteiger partial charge < -0.3 is 19.1 Å². The number of hydrogen-bond acceptors (Lipinski definition) is 6. The molecular formula is C36H49N5O5S. The fourth-order valence-corrected chi connectivity index (χ4v) is 8.48. The number of likely N-dealkylation sites (tertiary alicyclic amines) is 1. The highest BCUT2D eigenvalue weighted by molar-refractivity contribution is 7.87. The highest BCUT2D eigenvalue weighted by atomic mass is 32.2. The lowest BCUT2D eigenvalue weighted by Crippen LogP contribution is -2.46. The molecule has 3 heterocycles. The monoisotopic (exact) mass is 663 g/mol. The number of methoxy groups -OCH3 is 1. The van der Waals surface area contributed by atoms with Crippen molar-refractivity contribution in [2.75, 3.05) is 54.4 Å². The minimum Gasteiger partial charge on any atom is -0.497 e. The largest absolute Gasteiger partial charge is 0.497 e. The van der Waals surface area contributed by atoms with Gasteiger partial charge in [-0.2, -0.15) is 12.7 Å². The standard InChI is InChI=1S/C36H49N5O5S/c1-36(35(43)39(4)19-20-40-17-9-10-18-40)23-27-21-28(46-5)14-16-29(27)33-32(25-11-7-6-8-12-25)30-15-13-26(22-31(30)41(33)24-36)34(42)37-47(44,45)38(2)3/h13-16,21-22,25H,6-12,17-20,23-24H2,1-5H3,(H,37,42). The van der Waals surface area contributed by atoms with Gasteiger partial charge >= 0.3 is 10.2 Å². The lowest BCUT2D eigenvalue weighted by Gasteiger charge is -2.33. The van der Waals surface area contributed by atoms with E-state index < -0.39 is 21.5 Å². The summed E-state index contributed by atoms with van der Waals surface area (Å²) in [7, 11) is 2.38. The Bertz CT molecular complexity index is 1770. The van der Waals surface area contributed by atoms with Gasteiger partial charge in [0, 0.05) is 62.8 Å². The zero-order valence-electron chi connectivity index (χ0n) is 28.5. The molecule has 2 aromatic carbocycles. The van der Waals surface area contributed by atoms with Gasteiger partial charge in [-0.15, -0.1) is 0 Å². The van der Waals surface area contributed by atoms with Crippen molar-refractivity contribution in [1.29, 1.82) is 0 Å². The number of benzene rings is 2.